The van der Waals surface area contributed by atoms with E-state index in [2.05, 4.69) is 29.4 Å². The lowest BCUT2D eigenvalue weighted by molar-refractivity contribution is 0.263. The van der Waals surface area contributed by atoms with Crippen molar-refractivity contribution in [1.82, 2.24) is 10.3 Å². The predicted octanol–water partition coefficient (Wildman–Crippen LogP) is 2.79. The second-order valence-electron chi connectivity index (χ2n) is 4.73. The third kappa shape index (κ3) is 3.05. The Hall–Kier alpha value is -0.890. The van der Waals surface area contributed by atoms with Crippen LogP contribution in [0.5, 0.6) is 0 Å². The smallest absolute Gasteiger partial charge is 0.0406 e. The van der Waals surface area contributed by atoms with Crippen LogP contribution in [-0.4, -0.2) is 17.6 Å². The number of hydrogen-bond acceptors (Lipinski definition) is 2. The summed E-state index contributed by atoms with van der Waals surface area (Å²) >= 11 is 0. The molecule has 1 fully saturated rings. The van der Waals surface area contributed by atoms with Gasteiger partial charge in [0.15, 0.2) is 0 Å². The van der Waals surface area contributed by atoms with Gasteiger partial charge in [-0.2, -0.15) is 0 Å². The van der Waals surface area contributed by atoms with Gasteiger partial charge in [-0.15, -0.1) is 0 Å². The molecule has 2 unspecified atom stereocenters. The number of rotatable bonds is 4. The first-order valence-corrected chi connectivity index (χ1v) is 6.53. The molecular weight excluding hydrogens is 196 g/mol. The van der Waals surface area contributed by atoms with Crippen molar-refractivity contribution in [1.29, 1.82) is 0 Å². The van der Waals surface area contributed by atoms with E-state index in [1.54, 1.807) is 0 Å². The van der Waals surface area contributed by atoms with Crippen LogP contribution in [0.2, 0.25) is 0 Å². The average Bonchev–Trinajstić information content (AvgIpc) is 2.33. The lowest BCUT2D eigenvalue weighted by atomic mass is 9.81. The molecule has 0 amide bonds. The third-order valence-electron chi connectivity index (χ3n) is 3.57. The number of nitrogens with one attached hydrogen (secondary N) is 1. The molecule has 0 saturated heterocycles. The first-order valence-electron chi connectivity index (χ1n) is 6.53. The number of nitrogens with zero attached hydrogens (tertiary/aromatic N) is 1. The standard InChI is InChI=1S/C14H22N2/c1-2-15-14-9-4-3-7-12(14)11-13-8-5-6-10-16-13/h5-6,8,10,12,14-15H,2-4,7,9,11H2,1H3. The zero-order chi connectivity index (χ0) is 11.2. The molecular formula is C14H22N2. The summed E-state index contributed by atoms with van der Waals surface area (Å²) in [6.45, 7) is 3.29. The average molecular weight is 218 g/mol. The van der Waals surface area contributed by atoms with Crippen molar-refractivity contribution in [3.63, 3.8) is 0 Å². The minimum absolute atomic E-state index is 0.709. The summed E-state index contributed by atoms with van der Waals surface area (Å²) in [5, 5.41) is 3.63. The molecule has 1 N–H and O–H groups in total. The molecule has 1 heterocycles. The molecule has 2 nitrogen and oxygen atoms in total. The van der Waals surface area contributed by atoms with Crippen LogP contribution >= 0.6 is 0 Å². The Bertz CT molecular complexity index is 295. The largest absolute Gasteiger partial charge is 0.314 e. The van der Waals surface area contributed by atoms with Crippen molar-refractivity contribution in [2.24, 2.45) is 5.92 Å². The van der Waals surface area contributed by atoms with E-state index in [1.165, 1.54) is 31.4 Å². The maximum Gasteiger partial charge on any atom is 0.0406 e. The Morgan fingerprint density at radius 2 is 2.19 bits per heavy atom. The molecule has 1 aliphatic rings. The van der Waals surface area contributed by atoms with Crippen molar-refractivity contribution < 1.29 is 0 Å². The van der Waals surface area contributed by atoms with Crippen molar-refractivity contribution >= 4 is 0 Å². The Morgan fingerprint density at radius 1 is 1.31 bits per heavy atom. The zero-order valence-electron chi connectivity index (χ0n) is 10.2. The van der Waals surface area contributed by atoms with Gasteiger partial charge in [0.1, 0.15) is 0 Å². The second-order valence-corrected chi connectivity index (χ2v) is 4.73. The highest BCUT2D eigenvalue weighted by molar-refractivity contribution is 5.05. The topological polar surface area (TPSA) is 24.9 Å². The van der Waals surface area contributed by atoms with Gasteiger partial charge in [0.2, 0.25) is 0 Å². The van der Waals surface area contributed by atoms with Crippen LogP contribution in [0.25, 0.3) is 0 Å². The quantitative estimate of drug-likeness (QED) is 0.840. The molecule has 0 aromatic carbocycles. The molecule has 1 aliphatic carbocycles. The number of hydrogen-bond donors (Lipinski definition) is 1. The van der Waals surface area contributed by atoms with E-state index in [4.69, 9.17) is 0 Å². The van der Waals surface area contributed by atoms with Crippen LogP contribution < -0.4 is 5.32 Å². The molecule has 1 saturated carbocycles. The fraction of sp³-hybridized carbons (Fsp3) is 0.643. The lowest BCUT2D eigenvalue weighted by Crippen LogP contribution is -2.39. The molecule has 16 heavy (non-hydrogen) atoms. The highest BCUT2D eigenvalue weighted by atomic mass is 14.9. The normalized spacial score (nSPS) is 25.6. The molecule has 0 bridgehead atoms. The minimum atomic E-state index is 0.709. The predicted molar refractivity (Wildman–Crippen MR) is 67.4 cm³/mol. The van der Waals surface area contributed by atoms with Gasteiger partial charge in [-0.1, -0.05) is 25.8 Å². The summed E-state index contributed by atoms with van der Waals surface area (Å²) in [7, 11) is 0. The Kier molecular flexibility index (Phi) is 4.34. The molecule has 0 aliphatic heterocycles. The van der Waals surface area contributed by atoms with Crippen molar-refractivity contribution in [2.45, 2.75) is 45.1 Å². The third-order valence-corrected chi connectivity index (χ3v) is 3.57. The highest BCUT2D eigenvalue weighted by Crippen LogP contribution is 2.26. The summed E-state index contributed by atoms with van der Waals surface area (Å²) in [5.74, 6) is 0.781. The summed E-state index contributed by atoms with van der Waals surface area (Å²) < 4.78 is 0. The Balaban J connectivity index is 1.96. The van der Waals surface area contributed by atoms with E-state index in [1.807, 2.05) is 12.3 Å². The molecule has 2 heteroatoms. The zero-order valence-corrected chi connectivity index (χ0v) is 10.2. The van der Waals surface area contributed by atoms with Gasteiger partial charge in [0.05, 0.1) is 0 Å². The summed E-state index contributed by atoms with van der Waals surface area (Å²) in [5.41, 5.74) is 1.25. The van der Waals surface area contributed by atoms with Gasteiger partial charge < -0.3 is 5.32 Å². The van der Waals surface area contributed by atoms with Crippen LogP contribution in [0.4, 0.5) is 0 Å². The SMILES string of the molecule is CCNC1CCCCC1Cc1ccccn1. The van der Waals surface area contributed by atoms with Crippen LogP contribution in [0, 0.1) is 5.92 Å². The molecule has 2 rings (SSSR count). The van der Waals surface area contributed by atoms with Crippen LogP contribution in [-0.2, 0) is 6.42 Å². The van der Waals surface area contributed by atoms with Crippen molar-refractivity contribution in [2.75, 3.05) is 6.54 Å². The summed E-state index contributed by atoms with van der Waals surface area (Å²) in [6.07, 6.45) is 8.51. The molecule has 0 radical (unpaired) electrons. The lowest BCUT2D eigenvalue weighted by Gasteiger charge is -2.32. The summed E-state index contributed by atoms with van der Waals surface area (Å²) in [6, 6.07) is 6.94. The first kappa shape index (κ1) is 11.6. The maximum absolute atomic E-state index is 4.44. The second kappa shape index (κ2) is 6.00. The van der Waals surface area contributed by atoms with Gasteiger partial charge in [0, 0.05) is 17.9 Å². The monoisotopic (exact) mass is 218 g/mol. The van der Waals surface area contributed by atoms with Crippen LogP contribution in [0.3, 0.4) is 0 Å². The van der Waals surface area contributed by atoms with E-state index < -0.39 is 0 Å². The first-order chi connectivity index (χ1) is 7.90. The van der Waals surface area contributed by atoms with E-state index in [0.29, 0.717) is 6.04 Å². The minimum Gasteiger partial charge on any atom is -0.314 e. The molecule has 1 aromatic rings. The molecule has 88 valence electrons. The van der Waals surface area contributed by atoms with E-state index in [-0.39, 0.29) is 0 Å². The van der Waals surface area contributed by atoms with E-state index in [0.717, 1.165) is 18.9 Å². The van der Waals surface area contributed by atoms with Gasteiger partial charge >= 0.3 is 0 Å². The molecule has 1 aromatic heterocycles. The van der Waals surface area contributed by atoms with Gasteiger partial charge in [0.25, 0.3) is 0 Å². The van der Waals surface area contributed by atoms with E-state index >= 15 is 0 Å². The van der Waals surface area contributed by atoms with Crippen molar-refractivity contribution in [3.8, 4) is 0 Å². The number of pyridine rings is 1. The highest BCUT2D eigenvalue weighted by Gasteiger charge is 2.24. The van der Waals surface area contributed by atoms with Crippen molar-refractivity contribution in [3.05, 3.63) is 30.1 Å². The fourth-order valence-electron chi connectivity index (χ4n) is 2.77. The van der Waals surface area contributed by atoms with Gasteiger partial charge in [-0.3, -0.25) is 4.98 Å². The van der Waals surface area contributed by atoms with Gasteiger partial charge in [-0.05, 0) is 43.9 Å². The van der Waals surface area contributed by atoms with Gasteiger partial charge in [-0.25, -0.2) is 0 Å². The fourth-order valence-corrected chi connectivity index (χ4v) is 2.77. The van der Waals surface area contributed by atoms with Crippen LogP contribution in [0.1, 0.15) is 38.3 Å². The maximum atomic E-state index is 4.44. The molecule has 2 atom stereocenters. The Morgan fingerprint density at radius 3 is 2.94 bits per heavy atom. The Labute approximate surface area is 98.5 Å². The summed E-state index contributed by atoms with van der Waals surface area (Å²) in [4.78, 5) is 4.44. The molecule has 0 spiro atoms. The number of aromatic nitrogens is 1. The van der Waals surface area contributed by atoms with Crippen LogP contribution in [0.15, 0.2) is 24.4 Å². The van der Waals surface area contributed by atoms with E-state index in [9.17, 15) is 0 Å².